The van der Waals surface area contributed by atoms with Gasteiger partial charge in [0, 0.05) is 24.7 Å². The number of amides is 1. The van der Waals surface area contributed by atoms with Gasteiger partial charge in [-0.05, 0) is 44.7 Å². The molecule has 2 aliphatic carbocycles. The van der Waals surface area contributed by atoms with E-state index in [4.69, 9.17) is 0 Å². The molecule has 2 saturated carbocycles. The number of aromatic nitrogens is 3. The fraction of sp³-hybridized carbons (Fsp3) is 0.500. The second-order valence-electron chi connectivity index (χ2n) is 6.71. The lowest BCUT2D eigenvalue weighted by Crippen LogP contribution is -2.33. The fourth-order valence-electron chi connectivity index (χ4n) is 2.92. The van der Waals surface area contributed by atoms with Gasteiger partial charge >= 0.3 is 0 Å². The smallest absolute Gasteiger partial charge is 0.240 e. The Bertz CT molecular complexity index is 737. The van der Waals surface area contributed by atoms with Crippen molar-refractivity contribution in [3.05, 3.63) is 36.2 Å². The molecular weight excluding hydrogens is 320 g/mol. The second kappa shape index (κ2) is 6.24. The Kier molecular flexibility index (Phi) is 4.08. The number of hydrogen-bond donors (Lipinski definition) is 0. The highest BCUT2D eigenvalue weighted by molar-refractivity contribution is 8.00. The van der Waals surface area contributed by atoms with Crippen molar-refractivity contribution >= 4 is 23.4 Å². The van der Waals surface area contributed by atoms with Gasteiger partial charge in [0.2, 0.25) is 5.91 Å². The van der Waals surface area contributed by atoms with E-state index in [9.17, 15) is 4.79 Å². The maximum Gasteiger partial charge on any atom is 0.240 e. The summed E-state index contributed by atoms with van der Waals surface area (Å²) in [6.45, 7) is 1.95. The maximum absolute atomic E-state index is 12.7. The predicted molar refractivity (Wildman–Crippen MR) is 95.4 cm³/mol. The molecule has 24 heavy (non-hydrogen) atoms. The van der Waals surface area contributed by atoms with Crippen molar-refractivity contribution in [2.45, 2.75) is 55.0 Å². The first-order valence-corrected chi connectivity index (χ1v) is 9.47. The summed E-state index contributed by atoms with van der Waals surface area (Å²) in [7, 11) is 1.83. The van der Waals surface area contributed by atoms with Gasteiger partial charge in [0.25, 0.3) is 0 Å². The van der Waals surface area contributed by atoms with E-state index < -0.39 is 0 Å². The number of nitrogens with zero attached hydrogens (tertiary/aromatic N) is 4. The van der Waals surface area contributed by atoms with Crippen LogP contribution in [0.4, 0.5) is 5.69 Å². The number of para-hydroxylation sites is 1. The van der Waals surface area contributed by atoms with Gasteiger partial charge in [-0.1, -0.05) is 30.0 Å². The first-order valence-electron chi connectivity index (χ1n) is 8.59. The summed E-state index contributed by atoms with van der Waals surface area (Å²) < 4.78 is 2.30. The zero-order valence-corrected chi connectivity index (χ0v) is 14.9. The molecule has 5 nitrogen and oxygen atoms in total. The lowest BCUT2D eigenvalue weighted by molar-refractivity contribution is -0.117. The van der Waals surface area contributed by atoms with Crippen LogP contribution in [0.2, 0.25) is 0 Å². The average Bonchev–Trinajstić information content (AvgIpc) is 3.53. The minimum Gasteiger partial charge on any atom is -0.315 e. The standard InChI is InChI=1S/C18H22N4OS/c1-12(17(23)21(2)14-6-4-3-5-7-14)24-18-20-19-16(13-8-9-13)22(18)15-10-11-15/h3-7,12-13,15H,8-11H2,1-2H3/t12-/m1/s1. The Morgan fingerprint density at radius 1 is 1.21 bits per heavy atom. The minimum atomic E-state index is -0.191. The SMILES string of the molecule is C[C@@H](Sc1nnc(C2CC2)n1C1CC1)C(=O)N(C)c1ccccc1. The molecule has 0 spiro atoms. The van der Waals surface area contributed by atoms with E-state index in [1.165, 1.54) is 37.4 Å². The highest BCUT2D eigenvalue weighted by Crippen LogP contribution is 2.46. The summed E-state index contributed by atoms with van der Waals surface area (Å²) in [6, 6.07) is 10.3. The molecule has 0 aliphatic heterocycles. The Morgan fingerprint density at radius 3 is 2.54 bits per heavy atom. The number of hydrogen-bond acceptors (Lipinski definition) is 4. The number of benzene rings is 1. The van der Waals surface area contributed by atoms with E-state index in [2.05, 4.69) is 14.8 Å². The Hall–Kier alpha value is -1.82. The van der Waals surface area contributed by atoms with Crippen LogP contribution in [0, 0.1) is 0 Å². The summed E-state index contributed by atoms with van der Waals surface area (Å²) in [4.78, 5) is 14.5. The summed E-state index contributed by atoms with van der Waals surface area (Å²) in [6.07, 6.45) is 4.86. The van der Waals surface area contributed by atoms with Gasteiger partial charge in [0.1, 0.15) is 5.82 Å². The maximum atomic E-state index is 12.7. The summed E-state index contributed by atoms with van der Waals surface area (Å²) in [5.74, 6) is 1.81. The van der Waals surface area contributed by atoms with Gasteiger partial charge in [0.05, 0.1) is 5.25 Å². The number of carbonyl (C=O) groups excluding carboxylic acids is 1. The molecule has 2 aromatic rings. The van der Waals surface area contributed by atoms with Crippen LogP contribution in [-0.2, 0) is 4.79 Å². The molecule has 4 rings (SSSR count). The highest BCUT2D eigenvalue weighted by atomic mass is 32.2. The third-order valence-corrected chi connectivity index (χ3v) is 5.69. The lowest BCUT2D eigenvalue weighted by atomic mass is 10.3. The third kappa shape index (κ3) is 3.07. The molecule has 2 aliphatic rings. The van der Waals surface area contributed by atoms with Crippen molar-refractivity contribution in [2.75, 3.05) is 11.9 Å². The van der Waals surface area contributed by atoms with Crippen LogP contribution < -0.4 is 4.90 Å². The zero-order chi connectivity index (χ0) is 16.7. The van der Waals surface area contributed by atoms with Gasteiger partial charge in [0.15, 0.2) is 5.16 Å². The number of carbonyl (C=O) groups is 1. The summed E-state index contributed by atoms with van der Waals surface area (Å²) in [5, 5.41) is 9.53. The normalized spacial score (nSPS) is 18.4. The van der Waals surface area contributed by atoms with Crippen LogP contribution in [0.5, 0.6) is 0 Å². The van der Waals surface area contributed by atoms with Crippen LogP contribution in [0.15, 0.2) is 35.5 Å². The molecule has 126 valence electrons. The topological polar surface area (TPSA) is 51.0 Å². The van der Waals surface area contributed by atoms with E-state index in [0.717, 1.165) is 16.7 Å². The molecule has 1 aromatic carbocycles. The third-order valence-electron chi connectivity index (χ3n) is 4.65. The molecule has 0 radical (unpaired) electrons. The largest absolute Gasteiger partial charge is 0.315 e. The molecule has 0 N–H and O–H groups in total. The fourth-order valence-corrected chi connectivity index (χ4v) is 3.94. The number of thioether (sulfide) groups is 1. The van der Waals surface area contributed by atoms with E-state index >= 15 is 0 Å². The van der Waals surface area contributed by atoms with E-state index in [-0.39, 0.29) is 11.2 Å². The first-order chi connectivity index (χ1) is 11.6. The predicted octanol–water partition coefficient (Wildman–Crippen LogP) is 3.63. The van der Waals surface area contributed by atoms with Crippen molar-refractivity contribution in [3.8, 4) is 0 Å². The van der Waals surface area contributed by atoms with Crippen LogP contribution in [-0.4, -0.2) is 33.0 Å². The van der Waals surface area contributed by atoms with Gasteiger partial charge in [-0.25, -0.2) is 0 Å². The minimum absolute atomic E-state index is 0.0875. The van der Waals surface area contributed by atoms with Gasteiger partial charge in [-0.15, -0.1) is 10.2 Å². The Balaban J connectivity index is 1.50. The molecule has 6 heteroatoms. The molecule has 1 atom stereocenters. The highest BCUT2D eigenvalue weighted by Gasteiger charge is 2.37. The molecule has 0 saturated heterocycles. The van der Waals surface area contributed by atoms with E-state index in [1.807, 2.05) is 44.3 Å². The van der Waals surface area contributed by atoms with Crippen LogP contribution in [0.25, 0.3) is 0 Å². The van der Waals surface area contributed by atoms with E-state index in [0.29, 0.717) is 12.0 Å². The van der Waals surface area contributed by atoms with Crippen molar-refractivity contribution < 1.29 is 4.79 Å². The monoisotopic (exact) mass is 342 g/mol. The lowest BCUT2D eigenvalue weighted by Gasteiger charge is -2.21. The molecular formula is C18H22N4OS. The molecule has 1 aromatic heterocycles. The van der Waals surface area contributed by atoms with Gasteiger partial charge in [-0.2, -0.15) is 0 Å². The Morgan fingerprint density at radius 2 is 1.92 bits per heavy atom. The summed E-state index contributed by atoms with van der Waals surface area (Å²) in [5.41, 5.74) is 0.914. The molecule has 0 unspecified atom stereocenters. The van der Waals surface area contributed by atoms with Crippen molar-refractivity contribution in [1.29, 1.82) is 0 Å². The second-order valence-corrected chi connectivity index (χ2v) is 8.02. The molecule has 1 heterocycles. The molecule has 2 fully saturated rings. The first kappa shape index (κ1) is 15.7. The number of rotatable bonds is 6. The van der Waals surface area contributed by atoms with Gasteiger partial charge in [-0.3, -0.25) is 4.79 Å². The number of anilines is 1. The van der Waals surface area contributed by atoms with Crippen molar-refractivity contribution in [1.82, 2.24) is 14.8 Å². The summed E-state index contributed by atoms with van der Waals surface area (Å²) >= 11 is 1.53. The average molecular weight is 342 g/mol. The zero-order valence-electron chi connectivity index (χ0n) is 14.1. The van der Waals surface area contributed by atoms with Gasteiger partial charge < -0.3 is 9.47 Å². The molecule has 0 bridgehead atoms. The van der Waals surface area contributed by atoms with Crippen molar-refractivity contribution in [3.63, 3.8) is 0 Å². The molecule has 1 amide bonds. The quantitative estimate of drug-likeness (QED) is 0.752. The van der Waals surface area contributed by atoms with E-state index in [1.54, 1.807) is 4.90 Å². The van der Waals surface area contributed by atoms with Crippen LogP contribution >= 0.6 is 11.8 Å². The van der Waals surface area contributed by atoms with Crippen LogP contribution in [0.1, 0.15) is 50.4 Å². The van der Waals surface area contributed by atoms with Crippen molar-refractivity contribution in [2.24, 2.45) is 0 Å². The Labute approximate surface area is 146 Å². The van der Waals surface area contributed by atoms with Crippen LogP contribution in [0.3, 0.4) is 0 Å².